The molecule has 152 valence electrons. The fourth-order valence-corrected chi connectivity index (χ4v) is 3.70. The van der Waals surface area contributed by atoms with Crippen LogP contribution in [0.15, 0.2) is 72.8 Å². The molecule has 0 spiro atoms. The Morgan fingerprint density at radius 3 is 2.60 bits per heavy atom. The van der Waals surface area contributed by atoms with Crippen LogP contribution in [0.4, 0.5) is 0 Å². The predicted octanol–water partition coefficient (Wildman–Crippen LogP) is 5.53. The van der Waals surface area contributed by atoms with Gasteiger partial charge in [-0.3, -0.25) is 4.79 Å². The maximum atomic E-state index is 13.4. The quantitative estimate of drug-likeness (QED) is 0.437. The summed E-state index contributed by atoms with van der Waals surface area (Å²) < 4.78 is 10.9. The number of ether oxygens (including phenoxy) is 2. The predicted molar refractivity (Wildman–Crippen MR) is 120 cm³/mol. The maximum Gasteiger partial charge on any atom is 0.252 e. The van der Waals surface area contributed by atoms with Crippen molar-refractivity contribution in [2.24, 2.45) is 0 Å². The van der Waals surface area contributed by atoms with E-state index in [1.54, 1.807) is 13.2 Å². The average molecular weight is 420 g/mol. The van der Waals surface area contributed by atoms with Crippen molar-refractivity contribution in [3.05, 3.63) is 94.5 Å². The number of halogens is 1. The largest absolute Gasteiger partial charge is 0.497 e. The Balaban J connectivity index is 1.65. The van der Waals surface area contributed by atoms with Gasteiger partial charge in [0.25, 0.3) is 5.91 Å². The van der Waals surface area contributed by atoms with Crippen molar-refractivity contribution in [2.75, 3.05) is 13.7 Å². The van der Waals surface area contributed by atoms with E-state index in [-0.39, 0.29) is 11.9 Å². The van der Waals surface area contributed by atoms with E-state index >= 15 is 0 Å². The van der Waals surface area contributed by atoms with E-state index in [4.69, 9.17) is 21.1 Å². The molecule has 3 aromatic carbocycles. The summed E-state index contributed by atoms with van der Waals surface area (Å²) in [6.45, 7) is 0.544. The van der Waals surface area contributed by atoms with E-state index < -0.39 is 0 Å². The van der Waals surface area contributed by atoms with E-state index in [2.05, 4.69) is 5.32 Å². The molecule has 1 aliphatic heterocycles. The first-order valence-corrected chi connectivity index (χ1v) is 10.2. The van der Waals surface area contributed by atoms with Gasteiger partial charge in [-0.1, -0.05) is 54.1 Å². The molecule has 1 N–H and O–H groups in total. The third-order valence-electron chi connectivity index (χ3n) is 5.07. The molecule has 4 rings (SSSR count). The Bertz CT molecular complexity index is 1060. The Labute approximate surface area is 181 Å². The molecule has 0 aliphatic carbocycles. The molecule has 1 aliphatic rings. The highest BCUT2D eigenvalue weighted by molar-refractivity contribution is 6.30. The molecule has 5 heteroatoms. The van der Waals surface area contributed by atoms with Crippen molar-refractivity contribution in [1.29, 1.82) is 0 Å². The Morgan fingerprint density at radius 1 is 1.10 bits per heavy atom. The molecule has 0 fully saturated rings. The van der Waals surface area contributed by atoms with Crippen LogP contribution in [0.25, 0.3) is 11.6 Å². The van der Waals surface area contributed by atoms with Crippen molar-refractivity contribution in [3.63, 3.8) is 0 Å². The zero-order valence-corrected chi connectivity index (χ0v) is 17.4. The Kier molecular flexibility index (Phi) is 6.05. The van der Waals surface area contributed by atoms with Crippen LogP contribution >= 0.6 is 11.6 Å². The number of hydrogen-bond donors (Lipinski definition) is 1. The molecular weight excluding hydrogens is 398 g/mol. The number of hydrogen-bond acceptors (Lipinski definition) is 3. The van der Waals surface area contributed by atoms with E-state index in [0.717, 1.165) is 28.2 Å². The number of nitrogens with one attached hydrogen (secondary N) is 1. The second kappa shape index (κ2) is 9.06. The van der Waals surface area contributed by atoms with Crippen LogP contribution in [0.3, 0.4) is 0 Å². The van der Waals surface area contributed by atoms with Gasteiger partial charge in [-0.25, -0.2) is 0 Å². The van der Waals surface area contributed by atoms with Crippen LogP contribution < -0.4 is 14.8 Å². The summed E-state index contributed by atoms with van der Waals surface area (Å²) in [5, 5.41) is 3.79. The molecule has 0 saturated heterocycles. The first-order chi connectivity index (χ1) is 14.6. The van der Waals surface area contributed by atoms with Gasteiger partial charge in [0.1, 0.15) is 11.5 Å². The van der Waals surface area contributed by atoms with E-state index in [9.17, 15) is 4.79 Å². The van der Waals surface area contributed by atoms with Crippen LogP contribution in [0.2, 0.25) is 5.02 Å². The van der Waals surface area contributed by atoms with Crippen molar-refractivity contribution in [3.8, 4) is 11.5 Å². The number of methoxy groups -OCH3 is 1. The highest BCUT2D eigenvalue weighted by Gasteiger charge is 2.25. The number of rotatable bonds is 5. The summed E-state index contributed by atoms with van der Waals surface area (Å²) in [7, 11) is 1.63. The highest BCUT2D eigenvalue weighted by atomic mass is 35.5. The second-order valence-electron chi connectivity index (χ2n) is 7.04. The molecule has 1 atom stereocenters. The molecule has 1 unspecified atom stereocenters. The average Bonchev–Trinajstić information content (AvgIpc) is 2.79. The van der Waals surface area contributed by atoms with Gasteiger partial charge < -0.3 is 14.8 Å². The van der Waals surface area contributed by atoms with E-state index in [1.807, 2.05) is 72.8 Å². The van der Waals surface area contributed by atoms with Crippen molar-refractivity contribution < 1.29 is 14.3 Å². The molecule has 1 amide bonds. The second-order valence-corrected chi connectivity index (χ2v) is 7.48. The van der Waals surface area contributed by atoms with Crippen LogP contribution in [0.1, 0.15) is 29.2 Å². The van der Waals surface area contributed by atoms with Crippen LogP contribution in [0, 0.1) is 0 Å². The number of carbonyl (C=O) groups is 1. The van der Waals surface area contributed by atoms with Crippen molar-refractivity contribution in [2.45, 2.75) is 12.5 Å². The first kappa shape index (κ1) is 20.0. The zero-order valence-electron chi connectivity index (χ0n) is 16.6. The van der Waals surface area contributed by atoms with Gasteiger partial charge >= 0.3 is 0 Å². The molecular formula is C25H22ClNO3. The molecule has 1 heterocycles. The lowest BCUT2D eigenvalue weighted by atomic mass is 9.98. The summed E-state index contributed by atoms with van der Waals surface area (Å²) in [5.41, 5.74) is 3.26. The smallest absolute Gasteiger partial charge is 0.252 e. The zero-order chi connectivity index (χ0) is 20.9. The van der Waals surface area contributed by atoms with E-state index in [1.165, 1.54) is 0 Å². The minimum Gasteiger partial charge on any atom is -0.497 e. The van der Waals surface area contributed by atoms with Gasteiger partial charge in [-0.05, 0) is 47.5 Å². The third kappa shape index (κ3) is 4.50. The maximum absolute atomic E-state index is 13.4. The normalized spacial score (nSPS) is 15.7. The van der Waals surface area contributed by atoms with Gasteiger partial charge in [-0.15, -0.1) is 0 Å². The Morgan fingerprint density at radius 2 is 1.87 bits per heavy atom. The summed E-state index contributed by atoms with van der Waals surface area (Å²) in [6, 6.07) is 22.6. The van der Waals surface area contributed by atoms with Gasteiger partial charge in [0.05, 0.1) is 19.8 Å². The minimum atomic E-state index is -0.164. The summed E-state index contributed by atoms with van der Waals surface area (Å²) >= 11 is 6.18. The van der Waals surface area contributed by atoms with E-state index in [0.29, 0.717) is 23.6 Å². The van der Waals surface area contributed by atoms with Crippen LogP contribution in [0.5, 0.6) is 11.5 Å². The van der Waals surface area contributed by atoms with Crippen LogP contribution in [-0.2, 0) is 4.79 Å². The molecule has 3 aromatic rings. The fraction of sp³-hybridized carbons (Fsp3) is 0.160. The fourth-order valence-electron chi connectivity index (χ4n) is 3.52. The minimum absolute atomic E-state index is 0.144. The molecule has 30 heavy (non-hydrogen) atoms. The molecule has 0 radical (unpaired) electrons. The third-order valence-corrected chi connectivity index (χ3v) is 5.31. The van der Waals surface area contributed by atoms with Crippen LogP contribution in [-0.4, -0.2) is 19.6 Å². The van der Waals surface area contributed by atoms with Gasteiger partial charge in [0, 0.05) is 22.6 Å². The summed E-state index contributed by atoms with van der Waals surface area (Å²) in [4.78, 5) is 13.4. The lowest BCUT2D eigenvalue weighted by Gasteiger charge is -2.27. The number of fused-ring (bicyclic) bond motifs is 1. The summed E-state index contributed by atoms with van der Waals surface area (Å²) in [6.07, 6.45) is 2.58. The lowest BCUT2D eigenvalue weighted by Crippen LogP contribution is -2.32. The number of carbonyl (C=O) groups excluding carboxylic acids is 1. The van der Waals surface area contributed by atoms with Crippen molar-refractivity contribution in [1.82, 2.24) is 5.32 Å². The molecule has 4 nitrogen and oxygen atoms in total. The van der Waals surface area contributed by atoms with Gasteiger partial charge in [0.15, 0.2) is 0 Å². The number of benzene rings is 3. The molecule has 0 aromatic heterocycles. The molecule has 0 saturated carbocycles. The SMILES string of the molecule is COc1ccc(/C=C(/C(=O)NC2CCOc3ccc(Cl)cc32)c2ccccc2)cc1. The Hall–Kier alpha value is -3.24. The standard InChI is InChI=1S/C25H22ClNO3/c1-29-20-10-7-17(8-11-20)15-21(18-5-3-2-4-6-18)25(28)27-23-13-14-30-24-12-9-19(26)16-22(23)24/h2-12,15-16,23H,13-14H2,1H3,(H,27,28)/b21-15+. The van der Waals surface area contributed by atoms with Gasteiger partial charge in [0.2, 0.25) is 0 Å². The lowest BCUT2D eigenvalue weighted by molar-refractivity contribution is -0.116. The molecule has 0 bridgehead atoms. The number of amides is 1. The van der Waals surface area contributed by atoms with Gasteiger partial charge in [-0.2, -0.15) is 0 Å². The topological polar surface area (TPSA) is 47.6 Å². The monoisotopic (exact) mass is 419 g/mol. The van der Waals surface area contributed by atoms with Crippen molar-refractivity contribution >= 4 is 29.2 Å². The summed E-state index contributed by atoms with van der Waals surface area (Å²) in [5.74, 6) is 1.39. The first-order valence-electron chi connectivity index (χ1n) is 9.78. The highest BCUT2D eigenvalue weighted by Crippen LogP contribution is 2.34.